The van der Waals surface area contributed by atoms with Crippen molar-refractivity contribution >= 4 is 11.9 Å². The summed E-state index contributed by atoms with van der Waals surface area (Å²) < 4.78 is 40.5. The number of nitrogens with one attached hydrogen (secondary N) is 2. The van der Waals surface area contributed by atoms with Gasteiger partial charge in [-0.3, -0.25) is 5.32 Å². The summed E-state index contributed by atoms with van der Waals surface area (Å²) in [6.07, 6.45) is 1.07. The van der Waals surface area contributed by atoms with E-state index in [4.69, 9.17) is 5.73 Å². The summed E-state index contributed by atoms with van der Waals surface area (Å²) in [5.41, 5.74) is 5.06. The monoisotopic (exact) mass is 383 g/mol. The molecule has 2 heterocycles. The van der Waals surface area contributed by atoms with Crippen molar-refractivity contribution in [3.8, 4) is 0 Å². The van der Waals surface area contributed by atoms with Crippen LogP contribution in [0.4, 0.5) is 13.2 Å². The Labute approximate surface area is 155 Å². The predicted octanol–water partition coefficient (Wildman–Crippen LogP) is 2.22. The largest absolute Gasteiger partial charge is 0.435 e. The summed E-state index contributed by atoms with van der Waals surface area (Å²) in [6.45, 7) is 3.99. The average molecular weight is 383 g/mol. The lowest BCUT2D eigenvalue weighted by Crippen LogP contribution is -2.64. The highest BCUT2D eigenvalue weighted by atomic mass is 19.4. The third-order valence-corrected chi connectivity index (χ3v) is 5.67. The van der Waals surface area contributed by atoms with Crippen molar-refractivity contribution in [3.05, 3.63) is 18.0 Å². The summed E-state index contributed by atoms with van der Waals surface area (Å²) in [5.74, 6) is 0.0825. The lowest BCUT2D eigenvalue weighted by Gasteiger charge is -2.40. The Balaban J connectivity index is 1.73. The van der Waals surface area contributed by atoms with Gasteiger partial charge in [0.15, 0.2) is 11.7 Å². The fourth-order valence-corrected chi connectivity index (χ4v) is 3.64. The van der Waals surface area contributed by atoms with Crippen LogP contribution in [0, 0.1) is 17.8 Å². The van der Waals surface area contributed by atoms with Crippen LogP contribution in [-0.4, -0.2) is 27.7 Å². The summed E-state index contributed by atoms with van der Waals surface area (Å²) >= 11 is 0. The second-order valence-corrected chi connectivity index (χ2v) is 7.80. The van der Waals surface area contributed by atoms with Gasteiger partial charge in [-0.05, 0) is 50.5 Å². The molecule has 0 radical (unpaired) electrons. The van der Waals surface area contributed by atoms with E-state index in [1.54, 1.807) is 0 Å². The molecule has 0 bridgehead atoms. The molecule has 148 valence electrons. The fraction of sp³-hybridized carbons (Fsp3) is 0.706. The maximum Gasteiger partial charge on any atom is 0.435 e. The molecule has 1 aromatic heterocycles. The second-order valence-electron chi connectivity index (χ2n) is 7.80. The van der Waals surface area contributed by atoms with Crippen LogP contribution in [0.15, 0.2) is 22.2 Å². The van der Waals surface area contributed by atoms with Crippen molar-refractivity contribution < 1.29 is 13.2 Å². The molecule has 1 unspecified atom stereocenters. The van der Waals surface area contributed by atoms with E-state index < -0.39 is 17.7 Å². The van der Waals surface area contributed by atoms with Gasteiger partial charge in [-0.1, -0.05) is 6.92 Å². The van der Waals surface area contributed by atoms with Gasteiger partial charge in [0, 0.05) is 12.1 Å². The first kappa shape index (κ1) is 18.1. The van der Waals surface area contributed by atoms with Crippen LogP contribution in [0.25, 0.3) is 0 Å². The maximum absolute atomic E-state index is 13.1. The molecule has 7 nitrogen and oxygen atoms in total. The van der Waals surface area contributed by atoms with Gasteiger partial charge in [-0.15, -0.1) is 0 Å². The van der Waals surface area contributed by atoms with Gasteiger partial charge in [-0.25, -0.2) is 14.7 Å². The number of hydrogen-bond donors (Lipinski definition) is 3. The predicted molar refractivity (Wildman–Crippen MR) is 94.6 cm³/mol. The highest BCUT2D eigenvalue weighted by molar-refractivity contribution is 6.00. The zero-order valence-corrected chi connectivity index (χ0v) is 15.3. The number of nitrogens with two attached hydrogens (primary N) is 1. The first-order chi connectivity index (χ1) is 12.7. The van der Waals surface area contributed by atoms with E-state index in [-0.39, 0.29) is 17.9 Å². The third kappa shape index (κ3) is 3.49. The van der Waals surface area contributed by atoms with Gasteiger partial charge in [0.2, 0.25) is 11.7 Å². The number of alkyl halides is 3. The van der Waals surface area contributed by atoms with Crippen LogP contribution in [-0.2, 0) is 12.0 Å². The van der Waals surface area contributed by atoms with Crippen LogP contribution in [0.5, 0.6) is 0 Å². The Hall–Kier alpha value is -2.26. The molecule has 4 N–H and O–H groups in total. The van der Waals surface area contributed by atoms with Crippen molar-refractivity contribution in [1.29, 1.82) is 0 Å². The highest BCUT2D eigenvalue weighted by Gasteiger charge is 2.50. The minimum Gasteiger partial charge on any atom is -0.369 e. The fourth-order valence-electron chi connectivity index (χ4n) is 3.64. The molecule has 0 amide bonds. The van der Waals surface area contributed by atoms with E-state index in [0.717, 1.165) is 31.7 Å². The first-order valence-corrected chi connectivity index (χ1v) is 9.31. The van der Waals surface area contributed by atoms with Crippen molar-refractivity contribution in [1.82, 2.24) is 20.4 Å². The zero-order chi connectivity index (χ0) is 19.4. The topological polar surface area (TPSA) is 92.6 Å². The number of halogens is 3. The first-order valence-electron chi connectivity index (χ1n) is 9.31. The Morgan fingerprint density at radius 3 is 2.48 bits per heavy atom. The molecule has 0 aromatic carbocycles. The number of aliphatic imine (C=N–C) groups is 2. The Morgan fingerprint density at radius 2 is 1.93 bits per heavy atom. The van der Waals surface area contributed by atoms with Crippen LogP contribution in [0.3, 0.4) is 0 Å². The van der Waals surface area contributed by atoms with Gasteiger partial charge >= 0.3 is 6.18 Å². The minimum atomic E-state index is -4.52. The number of rotatable bonds is 5. The Kier molecular flexibility index (Phi) is 4.12. The lowest BCUT2D eigenvalue weighted by molar-refractivity contribution is -0.141. The van der Waals surface area contributed by atoms with Crippen molar-refractivity contribution in [2.75, 3.05) is 0 Å². The number of guanidine groups is 2. The van der Waals surface area contributed by atoms with Gasteiger partial charge in [0.25, 0.3) is 0 Å². The van der Waals surface area contributed by atoms with Gasteiger partial charge in [0.05, 0.1) is 6.04 Å². The smallest absolute Gasteiger partial charge is 0.369 e. The highest BCUT2D eigenvalue weighted by Crippen LogP contribution is 2.45. The molecule has 2 saturated carbocycles. The van der Waals surface area contributed by atoms with Crippen molar-refractivity contribution in [2.45, 2.75) is 57.5 Å². The molecule has 1 aliphatic heterocycles. The lowest BCUT2D eigenvalue weighted by atomic mass is 9.96. The summed E-state index contributed by atoms with van der Waals surface area (Å²) in [6, 6.07) is 1.06. The second kappa shape index (κ2) is 6.13. The zero-order valence-electron chi connectivity index (χ0n) is 15.3. The van der Waals surface area contributed by atoms with E-state index in [9.17, 15) is 13.2 Å². The molecule has 2 fully saturated rings. The maximum atomic E-state index is 13.1. The molecule has 10 heteroatoms. The van der Waals surface area contributed by atoms with E-state index in [1.165, 1.54) is 10.9 Å². The van der Waals surface area contributed by atoms with Crippen LogP contribution in [0.1, 0.15) is 45.2 Å². The van der Waals surface area contributed by atoms with E-state index in [0.29, 0.717) is 17.8 Å². The van der Waals surface area contributed by atoms with Crippen LogP contribution < -0.4 is 16.4 Å². The van der Waals surface area contributed by atoms with E-state index in [1.807, 2.05) is 13.8 Å². The third-order valence-electron chi connectivity index (χ3n) is 5.67. The molecule has 27 heavy (non-hydrogen) atoms. The molecule has 0 saturated heterocycles. The molecule has 3 atom stereocenters. The number of hydrogen-bond acceptors (Lipinski definition) is 4. The van der Waals surface area contributed by atoms with Gasteiger partial charge < -0.3 is 11.1 Å². The molecular formula is C17H24F3N7. The summed E-state index contributed by atoms with van der Waals surface area (Å²) in [7, 11) is 0. The SMILES string of the molecule is C[C@H](C1CC1)C1(n2ccc(C(F)(F)F)n2)N=C(N)NC(=N[C@H](C)C2CC2)N1. The van der Waals surface area contributed by atoms with Crippen LogP contribution in [0.2, 0.25) is 0 Å². The minimum absolute atomic E-state index is 0.100. The molecule has 0 spiro atoms. The summed E-state index contributed by atoms with van der Waals surface area (Å²) in [5, 5.41) is 9.91. The van der Waals surface area contributed by atoms with Gasteiger partial charge in [-0.2, -0.15) is 18.3 Å². The number of aromatic nitrogens is 2. The summed E-state index contributed by atoms with van der Waals surface area (Å²) in [4.78, 5) is 9.14. The molecule has 2 aliphatic carbocycles. The standard InChI is InChI=1S/C17H24F3N7/c1-9(11-3-4-11)17(27-8-7-13(26-27)16(18,19)20)24-14(21)23-15(25-17)22-10(2)12-5-6-12/h7-12H,3-6H2,1-2H3,(H4,21,22,23,24,25)/t9-,10-,17?/m1/s1. The van der Waals surface area contributed by atoms with E-state index >= 15 is 0 Å². The van der Waals surface area contributed by atoms with Crippen molar-refractivity contribution in [2.24, 2.45) is 33.5 Å². The average Bonchev–Trinajstić information content (AvgIpc) is 3.50. The molecule has 1 aromatic rings. The molecule has 3 aliphatic rings. The van der Waals surface area contributed by atoms with Crippen molar-refractivity contribution in [3.63, 3.8) is 0 Å². The molecular weight excluding hydrogens is 359 g/mol. The normalized spacial score (nSPS) is 29.7. The number of nitrogens with zero attached hydrogens (tertiary/aromatic N) is 4. The van der Waals surface area contributed by atoms with Gasteiger partial charge in [0.1, 0.15) is 0 Å². The Morgan fingerprint density at radius 1 is 1.26 bits per heavy atom. The molecule has 4 rings (SSSR count). The van der Waals surface area contributed by atoms with E-state index in [2.05, 4.69) is 25.7 Å². The van der Waals surface area contributed by atoms with Crippen LogP contribution >= 0.6 is 0 Å². The Bertz CT molecular complexity index is 776. The quantitative estimate of drug-likeness (QED) is 0.727.